The van der Waals surface area contributed by atoms with E-state index < -0.39 is 17.6 Å². The van der Waals surface area contributed by atoms with Crippen LogP contribution in [0.1, 0.15) is 18.1 Å². The van der Waals surface area contributed by atoms with Gasteiger partial charge in [0.25, 0.3) is 0 Å². The standard InChI is InChI=1S/C11H14F4N2/c1-7(5-16)17-6-8-3-2-4-9(10(8)12)11(13,14)15/h2-4,7,17H,5-6,16H2,1H3. The molecule has 0 aliphatic rings. The largest absolute Gasteiger partial charge is 0.419 e. The lowest BCUT2D eigenvalue weighted by Crippen LogP contribution is -2.33. The molecule has 0 aliphatic carbocycles. The molecule has 0 amide bonds. The van der Waals surface area contributed by atoms with Gasteiger partial charge < -0.3 is 11.1 Å². The van der Waals surface area contributed by atoms with E-state index in [0.29, 0.717) is 6.54 Å². The molecule has 17 heavy (non-hydrogen) atoms. The van der Waals surface area contributed by atoms with Crippen molar-refractivity contribution in [1.29, 1.82) is 0 Å². The first-order valence-corrected chi connectivity index (χ1v) is 5.14. The SMILES string of the molecule is CC(CN)NCc1cccc(C(F)(F)F)c1F. The van der Waals surface area contributed by atoms with E-state index in [1.54, 1.807) is 6.92 Å². The van der Waals surface area contributed by atoms with Crippen LogP contribution >= 0.6 is 0 Å². The van der Waals surface area contributed by atoms with Crippen LogP contribution in [0.25, 0.3) is 0 Å². The molecule has 1 atom stereocenters. The van der Waals surface area contributed by atoms with Crippen molar-refractivity contribution in [3.63, 3.8) is 0 Å². The lowest BCUT2D eigenvalue weighted by Gasteiger charge is -2.14. The molecule has 0 spiro atoms. The van der Waals surface area contributed by atoms with Crippen LogP contribution in [0.5, 0.6) is 0 Å². The molecule has 0 heterocycles. The van der Waals surface area contributed by atoms with Crippen LogP contribution in [0.2, 0.25) is 0 Å². The lowest BCUT2D eigenvalue weighted by molar-refractivity contribution is -0.140. The Labute approximate surface area is 96.8 Å². The molecule has 6 heteroatoms. The van der Waals surface area contributed by atoms with E-state index in [9.17, 15) is 17.6 Å². The predicted molar refractivity (Wildman–Crippen MR) is 56.8 cm³/mol. The molecular formula is C11H14F4N2. The highest BCUT2D eigenvalue weighted by molar-refractivity contribution is 5.28. The molecule has 2 nitrogen and oxygen atoms in total. The van der Waals surface area contributed by atoms with E-state index in [1.807, 2.05) is 0 Å². The Bertz CT molecular complexity index is 376. The average Bonchev–Trinajstić information content (AvgIpc) is 2.25. The van der Waals surface area contributed by atoms with Crippen molar-refractivity contribution >= 4 is 0 Å². The summed E-state index contributed by atoms with van der Waals surface area (Å²) < 4.78 is 50.8. The van der Waals surface area contributed by atoms with Crippen LogP contribution in [-0.4, -0.2) is 12.6 Å². The molecule has 3 N–H and O–H groups in total. The van der Waals surface area contributed by atoms with E-state index >= 15 is 0 Å². The zero-order valence-electron chi connectivity index (χ0n) is 9.31. The van der Waals surface area contributed by atoms with Crippen molar-refractivity contribution in [1.82, 2.24) is 5.32 Å². The number of benzene rings is 1. The second-order valence-corrected chi connectivity index (χ2v) is 3.79. The third-order valence-electron chi connectivity index (χ3n) is 2.38. The Balaban J connectivity index is 2.88. The van der Waals surface area contributed by atoms with Crippen LogP contribution in [0.15, 0.2) is 18.2 Å². The van der Waals surface area contributed by atoms with Gasteiger partial charge >= 0.3 is 6.18 Å². The number of hydrogen-bond donors (Lipinski definition) is 2. The van der Waals surface area contributed by atoms with Gasteiger partial charge in [0.1, 0.15) is 5.82 Å². The van der Waals surface area contributed by atoms with Gasteiger partial charge in [0.15, 0.2) is 0 Å². The lowest BCUT2D eigenvalue weighted by atomic mass is 10.1. The van der Waals surface area contributed by atoms with E-state index in [2.05, 4.69) is 5.32 Å². The number of halogens is 4. The molecule has 0 bridgehead atoms. The van der Waals surface area contributed by atoms with Crippen LogP contribution < -0.4 is 11.1 Å². The highest BCUT2D eigenvalue weighted by atomic mass is 19.4. The van der Waals surface area contributed by atoms with Gasteiger partial charge in [-0.2, -0.15) is 13.2 Å². The Morgan fingerprint density at radius 2 is 2.00 bits per heavy atom. The fraction of sp³-hybridized carbons (Fsp3) is 0.455. The second kappa shape index (κ2) is 5.46. The van der Waals surface area contributed by atoms with Gasteiger partial charge in [0.05, 0.1) is 5.56 Å². The van der Waals surface area contributed by atoms with Crippen LogP contribution in [0, 0.1) is 5.82 Å². The number of rotatable bonds is 4. The summed E-state index contributed by atoms with van der Waals surface area (Å²) >= 11 is 0. The third kappa shape index (κ3) is 3.67. The van der Waals surface area contributed by atoms with Gasteiger partial charge in [-0.1, -0.05) is 12.1 Å². The third-order valence-corrected chi connectivity index (χ3v) is 2.38. The summed E-state index contributed by atoms with van der Waals surface area (Å²) in [7, 11) is 0. The Morgan fingerprint density at radius 1 is 1.35 bits per heavy atom. The number of nitrogens with two attached hydrogens (primary N) is 1. The molecule has 0 aliphatic heterocycles. The number of hydrogen-bond acceptors (Lipinski definition) is 2. The summed E-state index contributed by atoms with van der Waals surface area (Å²) in [5, 5.41) is 2.84. The van der Waals surface area contributed by atoms with Gasteiger partial charge in [-0.15, -0.1) is 0 Å². The van der Waals surface area contributed by atoms with Gasteiger partial charge in [-0.05, 0) is 13.0 Å². The smallest absolute Gasteiger partial charge is 0.329 e. The van der Waals surface area contributed by atoms with Crippen molar-refractivity contribution in [3.8, 4) is 0 Å². The highest BCUT2D eigenvalue weighted by Crippen LogP contribution is 2.32. The molecule has 0 saturated heterocycles. The zero-order valence-corrected chi connectivity index (χ0v) is 9.31. The topological polar surface area (TPSA) is 38.0 Å². The molecule has 1 rings (SSSR count). The number of alkyl halides is 3. The summed E-state index contributed by atoms with van der Waals surface area (Å²) in [6, 6.07) is 3.16. The van der Waals surface area contributed by atoms with Crippen LogP contribution in [0.4, 0.5) is 17.6 Å². The normalized spacial score (nSPS) is 13.8. The molecule has 0 aromatic heterocycles. The summed E-state index contributed by atoms with van der Waals surface area (Å²) in [5.41, 5.74) is 4.08. The Hall–Kier alpha value is -1.14. The van der Waals surface area contributed by atoms with Gasteiger partial charge in [0.2, 0.25) is 0 Å². The monoisotopic (exact) mass is 250 g/mol. The predicted octanol–water partition coefficient (Wildman–Crippen LogP) is 2.28. The fourth-order valence-corrected chi connectivity index (χ4v) is 1.30. The first-order valence-electron chi connectivity index (χ1n) is 5.14. The highest BCUT2D eigenvalue weighted by Gasteiger charge is 2.34. The molecule has 0 saturated carbocycles. The molecule has 1 aromatic carbocycles. The maximum absolute atomic E-state index is 13.5. The summed E-state index contributed by atoms with van der Waals surface area (Å²) in [6.45, 7) is 2.13. The molecule has 0 radical (unpaired) electrons. The van der Waals surface area contributed by atoms with Crippen molar-refractivity contribution in [2.75, 3.05) is 6.54 Å². The maximum atomic E-state index is 13.5. The second-order valence-electron chi connectivity index (χ2n) is 3.79. The minimum atomic E-state index is -4.67. The van der Waals surface area contributed by atoms with Gasteiger partial charge in [-0.3, -0.25) is 0 Å². The first kappa shape index (κ1) is 13.9. The summed E-state index contributed by atoms with van der Waals surface area (Å²) in [4.78, 5) is 0. The van der Waals surface area contributed by atoms with E-state index in [-0.39, 0.29) is 18.2 Å². The van der Waals surface area contributed by atoms with Crippen molar-refractivity contribution < 1.29 is 17.6 Å². The molecule has 1 unspecified atom stereocenters. The fourth-order valence-electron chi connectivity index (χ4n) is 1.30. The molecule has 1 aromatic rings. The molecule has 96 valence electrons. The minimum absolute atomic E-state index is 0.0138. The summed E-state index contributed by atoms with van der Waals surface area (Å²) in [5.74, 6) is -1.23. The maximum Gasteiger partial charge on any atom is 0.419 e. The van der Waals surface area contributed by atoms with E-state index in [1.165, 1.54) is 12.1 Å². The zero-order chi connectivity index (χ0) is 13.1. The van der Waals surface area contributed by atoms with Crippen molar-refractivity contribution in [2.45, 2.75) is 25.7 Å². The van der Waals surface area contributed by atoms with Crippen LogP contribution in [0.3, 0.4) is 0 Å². The van der Waals surface area contributed by atoms with Crippen molar-refractivity contribution in [2.24, 2.45) is 5.73 Å². The minimum Gasteiger partial charge on any atom is -0.329 e. The van der Waals surface area contributed by atoms with Crippen LogP contribution in [-0.2, 0) is 12.7 Å². The van der Waals surface area contributed by atoms with Gasteiger partial charge in [0, 0.05) is 24.7 Å². The van der Waals surface area contributed by atoms with E-state index in [0.717, 1.165) is 6.07 Å². The number of nitrogens with one attached hydrogen (secondary N) is 1. The van der Waals surface area contributed by atoms with Gasteiger partial charge in [-0.25, -0.2) is 4.39 Å². The Kier molecular flexibility index (Phi) is 4.47. The first-order chi connectivity index (χ1) is 7.86. The Morgan fingerprint density at radius 3 is 2.53 bits per heavy atom. The van der Waals surface area contributed by atoms with Crippen molar-refractivity contribution in [3.05, 3.63) is 35.1 Å². The quantitative estimate of drug-likeness (QED) is 0.804. The van der Waals surface area contributed by atoms with E-state index in [4.69, 9.17) is 5.73 Å². The summed E-state index contributed by atoms with van der Waals surface area (Å²) in [6.07, 6.45) is -4.67. The molecule has 0 fully saturated rings. The average molecular weight is 250 g/mol. The molecular weight excluding hydrogens is 236 g/mol.